The summed E-state index contributed by atoms with van der Waals surface area (Å²) in [5.74, 6) is -1.41. The van der Waals surface area contributed by atoms with Gasteiger partial charge in [-0.2, -0.15) is 13.2 Å². The molecule has 0 amide bonds. The standard InChI is InChI=1S/C11H12F4O2/c1-6(17-2)10(16)7-3-4-8(9(12)5-7)11(13,14)15/h3-6,10,16H,1-2H3. The minimum absolute atomic E-state index is 0.0462. The largest absolute Gasteiger partial charge is 0.419 e. The summed E-state index contributed by atoms with van der Waals surface area (Å²) in [6.45, 7) is 1.53. The fraction of sp³-hybridized carbons (Fsp3) is 0.455. The average molecular weight is 252 g/mol. The van der Waals surface area contributed by atoms with Gasteiger partial charge in [0.2, 0.25) is 0 Å². The summed E-state index contributed by atoms with van der Waals surface area (Å²) in [4.78, 5) is 0. The normalized spacial score (nSPS) is 15.7. The molecule has 0 aromatic heterocycles. The average Bonchev–Trinajstić information content (AvgIpc) is 2.25. The highest BCUT2D eigenvalue weighted by Crippen LogP contribution is 2.32. The molecule has 0 saturated heterocycles. The van der Waals surface area contributed by atoms with Crippen LogP contribution in [0.3, 0.4) is 0 Å². The van der Waals surface area contributed by atoms with E-state index >= 15 is 0 Å². The van der Waals surface area contributed by atoms with E-state index in [9.17, 15) is 22.7 Å². The van der Waals surface area contributed by atoms with Crippen molar-refractivity contribution in [2.24, 2.45) is 0 Å². The van der Waals surface area contributed by atoms with E-state index in [-0.39, 0.29) is 5.56 Å². The van der Waals surface area contributed by atoms with Crippen molar-refractivity contribution >= 4 is 0 Å². The van der Waals surface area contributed by atoms with Gasteiger partial charge in [-0.25, -0.2) is 4.39 Å². The van der Waals surface area contributed by atoms with Gasteiger partial charge in [0.25, 0.3) is 0 Å². The van der Waals surface area contributed by atoms with Crippen LogP contribution in [0.4, 0.5) is 17.6 Å². The Kier molecular flexibility index (Phi) is 4.11. The van der Waals surface area contributed by atoms with E-state index in [4.69, 9.17) is 4.74 Å². The first-order chi connectivity index (χ1) is 7.77. The molecular formula is C11H12F4O2. The van der Waals surface area contributed by atoms with E-state index < -0.39 is 29.8 Å². The second-order valence-electron chi connectivity index (χ2n) is 3.62. The fourth-order valence-electron chi connectivity index (χ4n) is 1.35. The van der Waals surface area contributed by atoms with Crippen LogP contribution in [0, 0.1) is 5.82 Å². The van der Waals surface area contributed by atoms with Gasteiger partial charge < -0.3 is 9.84 Å². The minimum Gasteiger partial charge on any atom is -0.386 e. The van der Waals surface area contributed by atoms with Crippen LogP contribution in [0.25, 0.3) is 0 Å². The number of rotatable bonds is 3. The van der Waals surface area contributed by atoms with Crippen molar-refractivity contribution in [2.75, 3.05) is 7.11 Å². The molecule has 0 aliphatic heterocycles. The van der Waals surface area contributed by atoms with Crippen LogP contribution < -0.4 is 0 Å². The number of alkyl halides is 3. The Morgan fingerprint density at radius 3 is 2.29 bits per heavy atom. The SMILES string of the molecule is COC(C)C(O)c1ccc(C(F)(F)F)c(F)c1. The van der Waals surface area contributed by atoms with Gasteiger partial charge in [-0.3, -0.25) is 0 Å². The van der Waals surface area contributed by atoms with Gasteiger partial charge in [0.05, 0.1) is 11.7 Å². The van der Waals surface area contributed by atoms with Gasteiger partial charge in [-0.1, -0.05) is 6.07 Å². The fourth-order valence-corrected chi connectivity index (χ4v) is 1.35. The van der Waals surface area contributed by atoms with Gasteiger partial charge in [0, 0.05) is 7.11 Å². The van der Waals surface area contributed by atoms with E-state index in [1.54, 1.807) is 0 Å². The van der Waals surface area contributed by atoms with Crippen LogP contribution in [0.15, 0.2) is 18.2 Å². The van der Waals surface area contributed by atoms with Crippen LogP contribution in [0.1, 0.15) is 24.2 Å². The van der Waals surface area contributed by atoms with Crippen molar-refractivity contribution < 1.29 is 27.4 Å². The maximum atomic E-state index is 13.2. The van der Waals surface area contributed by atoms with Crippen molar-refractivity contribution in [3.63, 3.8) is 0 Å². The molecule has 2 unspecified atom stereocenters. The highest BCUT2D eigenvalue weighted by atomic mass is 19.4. The third-order valence-electron chi connectivity index (χ3n) is 2.46. The Bertz CT molecular complexity index is 390. The molecule has 0 radical (unpaired) electrons. The van der Waals surface area contributed by atoms with Crippen molar-refractivity contribution in [3.8, 4) is 0 Å². The summed E-state index contributed by atoms with van der Waals surface area (Å²) in [5.41, 5.74) is -1.30. The molecule has 2 nitrogen and oxygen atoms in total. The lowest BCUT2D eigenvalue weighted by Crippen LogP contribution is -2.17. The van der Waals surface area contributed by atoms with E-state index in [1.807, 2.05) is 0 Å². The molecule has 0 saturated carbocycles. The van der Waals surface area contributed by atoms with Gasteiger partial charge >= 0.3 is 6.18 Å². The van der Waals surface area contributed by atoms with Gasteiger partial charge in [0.1, 0.15) is 11.9 Å². The number of benzene rings is 1. The highest BCUT2D eigenvalue weighted by Gasteiger charge is 2.34. The van der Waals surface area contributed by atoms with Crippen molar-refractivity contribution in [2.45, 2.75) is 25.3 Å². The molecule has 0 heterocycles. The summed E-state index contributed by atoms with van der Waals surface area (Å²) in [7, 11) is 1.34. The topological polar surface area (TPSA) is 29.5 Å². The van der Waals surface area contributed by atoms with E-state index in [1.165, 1.54) is 14.0 Å². The Morgan fingerprint density at radius 2 is 1.88 bits per heavy atom. The maximum absolute atomic E-state index is 13.2. The number of halogens is 4. The quantitative estimate of drug-likeness (QED) is 0.838. The van der Waals surface area contributed by atoms with Gasteiger partial charge in [-0.05, 0) is 24.6 Å². The number of ether oxygens (including phenoxy) is 1. The molecule has 96 valence electrons. The predicted molar refractivity (Wildman–Crippen MR) is 52.8 cm³/mol. The number of aliphatic hydroxyl groups excluding tert-OH is 1. The lowest BCUT2D eigenvalue weighted by atomic mass is 10.0. The van der Waals surface area contributed by atoms with Crippen LogP contribution in [-0.2, 0) is 10.9 Å². The molecule has 1 aromatic carbocycles. The molecule has 17 heavy (non-hydrogen) atoms. The molecule has 0 bridgehead atoms. The first-order valence-corrected chi connectivity index (χ1v) is 4.85. The molecule has 6 heteroatoms. The minimum atomic E-state index is -4.74. The molecule has 0 aliphatic rings. The third kappa shape index (κ3) is 3.17. The molecule has 0 aliphatic carbocycles. The number of methoxy groups -OCH3 is 1. The number of hydrogen-bond acceptors (Lipinski definition) is 2. The Labute approximate surface area is 95.8 Å². The van der Waals surface area contributed by atoms with E-state index in [0.717, 1.165) is 6.07 Å². The zero-order valence-electron chi connectivity index (χ0n) is 9.25. The second kappa shape index (κ2) is 5.01. The Hall–Kier alpha value is -1.14. The number of hydrogen-bond donors (Lipinski definition) is 1. The van der Waals surface area contributed by atoms with Gasteiger partial charge in [0.15, 0.2) is 0 Å². The zero-order chi connectivity index (χ0) is 13.2. The molecule has 1 N–H and O–H groups in total. The summed E-state index contributed by atoms with van der Waals surface area (Å²) in [5, 5.41) is 9.63. The molecule has 0 fully saturated rings. The summed E-state index contributed by atoms with van der Waals surface area (Å²) in [6.07, 6.45) is -6.54. The lowest BCUT2D eigenvalue weighted by molar-refractivity contribution is -0.140. The smallest absolute Gasteiger partial charge is 0.386 e. The predicted octanol–water partition coefficient (Wildman–Crippen LogP) is 2.91. The van der Waals surface area contributed by atoms with Crippen molar-refractivity contribution in [3.05, 3.63) is 35.1 Å². The zero-order valence-corrected chi connectivity index (χ0v) is 9.25. The number of aliphatic hydroxyl groups is 1. The second-order valence-corrected chi connectivity index (χ2v) is 3.62. The summed E-state index contributed by atoms with van der Waals surface area (Å²) < 4.78 is 54.8. The first-order valence-electron chi connectivity index (χ1n) is 4.85. The van der Waals surface area contributed by atoms with E-state index in [0.29, 0.717) is 12.1 Å². The Balaban J connectivity index is 3.05. The van der Waals surface area contributed by atoms with Crippen LogP contribution in [-0.4, -0.2) is 18.3 Å². The monoisotopic (exact) mass is 252 g/mol. The first kappa shape index (κ1) is 13.9. The van der Waals surface area contributed by atoms with Crippen molar-refractivity contribution in [1.29, 1.82) is 0 Å². The lowest BCUT2D eigenvalue weighted by Gasteiger charge is -2.18. The van der Waals surface area contributed by atoms with Crippen LogP contribution in [0.5, 0.6) is 0 Å². The van der Waals surface area contributed by atoms with Crippen LogP contribution in [0.2, 0.25) is 0 Å². The Morgan fingerprint density at radius 1 is 1.29 bits per heavy atom. The van der Waals surface area contributed by atoms with Crippen LogP contribution >= 0.6 is 0 Å². The molecule has 1 aromatic rings. The van der Waals surface area contributed by atoms with Crippen molar-refractivity contribution in [1.82, 2.24) is 0 Å². The molecule has 2 atom stereocenters. The highest BCUT2D eigenvalue weighted by molar-refractivity contribution is 5.28. The summed E-state index contributed by atoms with van der Waals surface area (Å²) in [6, 6.07) is 2.31. The molecule has 1 rings (SSSR count). The van der Waals surface area contributed by atoms with Gasteiger partial charge in [-0.15, -0.1) is 0 Å². The summed E-state index contributed by atoms with van der Waals surface area (Å²) >= 11 is 0. The maximum Gasteiger partial charge on any atom is 0.419 e. The third-order valence-corrected chi connectivity index (χ3v) is 2.46. The molecular weight excluding hydrogens is 240 g/mol. The van der Waals surface area contributed by atoms with E-state index in [2.05, 4.69) is 0 Å². The molecule has 0 spiro atoms.